The van der Waals surface area contributed by atoms with Crippen LogP contribution in [0.2, 0.25) is 0 Å². The van der Waals surface area contributed by atoms with Crippen molar-refractivity contribution in [2.75, 3.05) is 16.2 Å². The third-order valence-corrected chi connectivity index (χ3v) is 5.93. The molecule has 0 aliphatic rings. The Bertz CT molecular complexity index is 1120. The second-order valence-corrected chi connectivity index (χ2v) is 8.19. The standard InChI is InChI=1S/C21H18F2N2O3S/c1-15-7-10-18(11-8-15)29(27,28)25(17-5-3-2-4-6-17)14-21(26)24-20-12-9-16(22)13-19(20)23/h2-13H,14H2,1H3,(H,24,26). The Kier molecular flexibility index (Phi) is 5.93. The number of rotatable bonds is 6. The van der Waals surface area contributed by atoms with Crippen molar-refractivity contribution in [3.8, 4) is 0 Å². The number of anilines is 2. The maximum absolute atomic E-state index is 13.8. The van der Waals surface area contributed by atoms with Gasteiger partial charge in [0.1, 0.15) is 18.2 Å². The highest BCUT2D eigenvalue weighted by atomic mass is 32.2. The van der Waals surface area contributed by atoms with Gasteiger partial charge in [-0.1, -0.05) is 35.9 Å². The summed E-state index contributed by atoms with van der Waals surface area (Å²) >= 11 is 0. The van der Waals surface area contributed by atoms with E-state index in [1.165, 1.54) is 12.1 Å². The molecule has 0 aromatic heterocycles. The van der Waals surface area contributed by atoms with Crippen molar-refractivity contribution in [2.45, 2.75) is 11.8 Å². The Morgan fingerprint density at radius 2 is 1.62 bits per heavy atom. The second-order valence-electron chi connectivity index (χ2n) is 6.33. The van der Waals surface area contributed by atoms with Gasteiger partial charge in [-0.25, -0.2) is 17.2 Å². The molecule has 3 aromatic carbocycles. The quantitative estimate of drug-likeness (QED) is 0.658. The van der Waals surface area contributed by atoms with Crippen LogP contribution in [0, 0.1) is 18.6 Å². The molecule has 0 saturated carbocycles. The number of hydrogen-bond donors (Lipinski definition) is 1. The minimum atomic E-state index is -4.06. The van der Waals surface area contributed by atoms with Gasteiger partial charge in [-0.05, 0) is 43.3 Å². The van der Waals surface area contributed by atoms with Crippen LogP contribution >= 0.6 is 0 Å². The Labute approximate surface area is 167 Å². The molecule has 0 unspecified atom stereocenters. The van der Waals surface area contributed by atoms with Crippen molar-refractivity contribution in [3.05, 3.63) is 90.0 Å². The Morgan fingerprint density at radius 1 is 0.966 bits per heavy atom. The van der Waals surface area contributed by atoms with Crippen LogP contribution in [0.4, 0.5) is 20.2 Å². The number of nitrogens with one attached hydrogen (secondary N) is 1. The summed E-state index contributed by atoms with van der Waals surface area (Å²) in [5.41, 5.74) is 0.930. The summed E-state index contributed by atoms with van der Waals surface area (Å²) in [5, 5.41) is 2.28. The number of halogens is 2. The average molecular weight is 416 g/mol. The van der Waals surface area contributed by atoms with Crippen molar-refractivity contribution in [1.82, 2.24) is 0 Å². The lowest BCUT2D eigenvalue weighted by molar-refractivity contribution is -0.114. The fraction of sp³-hybridized carbons (Fsp3) is 0.0952. The number of carbonyl (C=O) groups excluding carboxylic acids is 1. The first-order valence-corrected chi connectivity index (χ1v) is 10.1. The summed E-state index contributed by atoms with van der Waals surface area (Å²) in [6.07, 6.45) is 0. The van der Waals surface area contributed by atoms with Gasteiger partial charge in [0, 0.05) is 6.07 Å². The van der Waals surface area contributed by atoms with E-state index in [2.05, 4.69) is 5.32 Å². The van der Waals surface area contributed by atoms with Gasteiger partial charge in [0.05, 0.1) is 16.3 Å². The van der Waals surface area contributed by atoms with Crippen LogP contribution in [0.15, 0.2) is 77.7 Å². The Hall–Kier alpha value is -3.26. The molecular formula is C21H18F2N2O3S. The molecule has 5 nitrogen and oxygen atoms in total. The Balaban J connectivity index is 1.92. The van der Waals surface area contributed by atoms with Crippen molar-refractivity contribution in [1.29, 1.82) is 0 Å². The van der Waals surface area contributed by atoms with E-state index in [9.17, 15) is 22.0 Å². The van der Waals surface area contributed by atoms with Crippen LogP contribution in [-0.4, -0.2) is 20.9 Å². The predicted molar refractivity (Wildman–Crippen MR) is 107 cm³/mol. The smallest absolute Gasteiger partial charge is 0.264 e. The van der Waals surface area contributed by atoms with Crippen LogP contribution in [0.3, 0.4) is 0 Å². The summed E-state index contributed by atoms with van der Waals surface area (Å²) in [6.45, 7) is 1.24. The highest BCUT2D eigenvalue weighted by Gasteiger charge is 2.27. The number of nitrogens with zero attached hydrogens (tertiary/aromatic N) is 1. The second kappa shape index (κ2) is 8.40. The third-order valence-electron chi connectivity index (χ3n) is 4.15. The molecule has 1 N–H and O–H groups in total. The monoisotopic (exact) mass is 416 g/mol. The van der Waals surface area contributed by atoms with Crippen molar-refractivity contribution < 1.29 is 22.0 Å². The summed E-state index contributed by atoms with van der Waals surface area (Å²) < 4.78 is 54.1. The van der Waals surface area contributed by atoms with Crippen molar-refractivity contribution in [2.24, 2.45) is 0 Å². The van der Waals surface area contributed by atoms with Gasteiger partial charge in [0.2, 0.25) is 5.91 Å². The first kappa shape index (κ1) is 20.5. The molecule has 0 atom stereocenters. The SMILES string of the molecule is Cc1ccc(S(=O)(=O)N(CC(=O)Nc2ccc(F)cc2F)c2ccccc2)cc1. The van der Waals surface area contributed by atoms with Crippen LogP contribution in [0.25, 0.3) is 0 Å². The topological polar surface area (TPSA) is 66.5 Å². The average Bonchev–Trinajstić information content (AvgIpc) is 2.69. The minimum absolute atomic E-state index is 0.0210. The van der Waals surface area contributed by atoms with Gasteiger partial charge in [-0.15, -0.1) is 0 Å². The normalized spacial score (nSPS) is 11.1. The van der Waals surface area contributed by atoms with Crippen molar-refractivity contribution in [3.63, 3.8) is 0 Å². The zero-order valence-corrected chi connectivity index (χ0v) is 16.3. The van der Waals surface area contributed by atoms with E-state index >= 15 is 0 Å². The van der Waals surface area contributed by atoms with Gasteiger partial charge >= 0.3 is 0 Å². The molecule has 0 saturated heterocycles. The summed E-state index contributed by atoms with van der Waals surface area (Å²) in [5.74, 6) is -2.51. The lowest BCUT2D eigenvalue weighted by atomic mass is 10.2. The van der Waals surface area contributed by atoms with E-state index in [0.717, 1.165) is 22.0 Å². The highest BCUT2D eigenvalue weighted by Crippen LogP contribution is 2.24. The van der Waals surface area contributed by atoms with Crippen LogP contribution in [0.5, 0.6) is 0 Å². The largest absolute Gasteiger partial charge is 0.322 e. The lowest BCUT2D eigenvalue weighted by Gasteiger charge is -2.24. The maximum Gasteiger partial charge on any atom is 0.264 e. The number of amides is 1. The number of hydrogen-bond acceptors (Lipinski definition) is 3. The predicted octanol–water partition coefficient (Wildman–Crippen LogP) is 4.11. The summed E-state index contributed by atoms with van der Waals surface area (Å²) in [6, 6.07) is 17.0. The van der Waals surface area contributed by atoms with Gasteiger partial charge in [-0.3, -0.25) is 9.10 Å². The minimum Gasteiger partial charge on any atom is -0.322 e. The van der Waals surface area contributed by atoms with Gasteiger partial charge in [0.15, 0.2) is 0 Å². The lowest BCUT2D eigenvalue weighted by Crippen LogP contribution is -2.38. The molecule has 3 rings (SSSR count). The summed E-state index contributed by atoms with van der Waals surface area (Å²) in [4.78, 5) is 12.5. The zero-order valence-electron chi connectivity index (χ0n) is 15.5. The molecular weight excluding hydrogens is 398 g/mol. The number of carbonyl (C=O) groups is 1. The molecule has 0 aliphatic heterocycles. The molecule has 0 fully saturated rings. The number of sulfonamides is 1. The van der Waals surface area contributed by atoms with E-state index < -0.39 is 34.1 Å². The fourth-order valence-corrected chi connectivity index (χ4v) is 4.08. The number of aryl methyl sites for hydroxylation is 1. The van der Waals surface area contributed by atoms with Crippen molar-refractivity contribution >= 4 is 27.3 Å². The molecule has 8 heteroatoms. The van der Waals surface area contributed by atoms with E-state index in [1.54, 1.807) is 42.5 Å². The third kappa shape index (κ3) is 4.78. The first-order chi connectivity index (χ1) is 13.8. The molecule has 0 spiro atoms. The molecule has 0 aliphatic carbocycles. The van der Waals surface area contributed by atoms with Crippen LogP contribution in [0.1, 0.15) is 5.56 Å². The van der Waals surface area contributed by atoms with E-state index in [0.29, 0.717) is 6.07 Å². The highest BCUT2D eigenvalue weighted by molar-refractivity contribution is 7.92. The molecule has 29 heavy (non-hydrogen) atoms. The first-order valence-electron chi connectivity index (χ1n) is 8.67. The number of benzene rings is 3. The summed E-state index contributed by atoms with van der Waals surface area (Å²) in [7, 11) is -4.06. The molecule has 150 valence electrons. The molecule has 1 amide bonds. The van der Waals surface area contributed by atoms with Gasteiger partial charge < -0.3 is 5.32 Å². The molecule has 0 radical (unpaired) electrons. The molecule has 0 bridgehead atoms. The molecule has 0 heterocycles. The molecule has 3 aromatic rings. The Morgan fingerprint density at radius 3 is 2.24 bits per heavy atom. The zero-order chi connectivity index (χ0) is 21.0. The van der Waals surface area contributed by atoms with Crippen LogP contribution < -0.4 is 9.62 Å². The van der Waals surface area contributed by atoms with E-state index in [-0.39, 0.29) is 16.3 Å². The van der Waals surface area contributed by atoms with Gasteiger partial charge in [0.25, 0.3) is 10.0 Å². The van der Waals surface area contributed by atoms with Gasteiger partial charge in [-0.2, -0.15) is 0 Å². The van der Waals surface area contributed by atoms with E-state index in [4.69, 9.17) is 0 Å². The fourth-order valence-electron chi connectivity index (χ4n) is 2.66. The maximum atomic E-state index is 13.8. The number of para-hydroxylation sites is 1. The van der Waals surface area contributed by atoms with Crippen LogP contribution in [-0.2, 0) is 14.8 Å². The van der Waals surface area contributed by atoms with E-state index in [1.807, 2.05) is 6.92 Å².